The summed E-state index contributed by atoms with van der Waals surface area (Å²) < 4.78 is 13.9. The van der Waals surface area contributed by atoms with Crippen molar-refractivity contribution in [3.8, 4) is 0 Å². The second kappa shape index (κ2) is 7.42. The van der Waals surface area contributed by atoms with Gasteiger partial charge in [0.05, 0.1) is 12.5 Å². The minimum absolute atomic E-state index is 0.0412. The summed E-state index contributed by atoms with van der Waals surface area (Å²) in [5, 5.41) is 5.12. The van der Waals surface area contributed by atoms with Crippen LogP contribution in [0.3, 0.4) is 0 Å². The lowest BCUT2D eigenvalue weighted by molar-refractivity contribution is -0.121. The van der Waals surface area contributed by atoms with Crippen LogP contribution in [0.4, 0.5) is 4.39 Å². The molecule has 2 nitrogen and oxygen atoms in total. The molecule has 0 aliphatic heterocycles. The summed E-state index contributed by atoms with van der Waals surface area (Å²) in [6, 6.07) is 16.8. The van der Waals surface area contributed by atoms with Crippen LogP contribution in [0.25, 0.3) is 0 Å². The molecule has 1 heterocycles. The van der Waals surface area contributed by atoms with Gasteiger partial charge in [-0.15, -0.1) is 11.3 Å². The molecule has 1 N–H and O–H groups in total. The van der Waals surface area contributed by atoms with Gasteiger partial charge in [-0.25, -0.2) is 4.39 Å². The van der Waals surface area contributed by atoms with Crippen molar-refractivity contribution in [1.82, 2.24) is 5.32 Å². The molecule has 1 atom stereocenters. The lowest BCUT2D eigenvalue weighted by Crippen LogP contribution is -2.30. The first kappa shape index (κ1) is 17.0. The van der Waals surface area contributed by atoms with Crippen molar-refractivity contribution >= 4 is 17.2 Å². The van der Waals surface area contributed by atoms with Gasteiger partial charge >= 0.3 is 0 Å². The van der Waals surface area contributed by atoms with Crippen molar-refractivity contribution in [2.75, 3.05) is 0 Å². The van der Waals surface area contributed by atoms with E-state index in [1.165, 1.54) is 23.6 Å². The largest absolute Gasteiger partial charge is 0.344 e. The summed E-state index contributed by atoms with van der Waals surface area (Å²) in [4.78, 5) is 13.7. The number of fused-ring (bicyclic) bond motifs is 1. The molecule has 1 aliphatic rings. The van der Waals surface area contributed by atoms with Crippen molar-refractivity contribution in [1.29, 1.82) is 0 Å². The van der Waals surface area contributed by atoms with Gasteiger partial charge in [0, 0.05) is 4.88 Å². The molecular formula is C22H20FNOS. The van der Waals surface area contributed by atoms with E-state index < -0.39 is 0 Å². The van der Waals surface area contributed by atoms with E-state index in [9.17, 15) is 9.18 Å². The molecule has 0 radical (unpaired) electrons. The number of aryl methyl sites for hydroxylation is 2. The van der Waals surface area contributed by atoms with E-state index in [0.29, 0.717) is 5.56 Å². The normalized spacial score (nSPS) is 14.0. The zero-order valence-corrected chi connectivity index (χ0v) is 15.2. The second-order valence-electron chi connectivity index (χ2n) is 6.67. The molecule has 0 bridgehead atoms. The molecule has 0 fully saturated rings. The lowest BCUT2D eigenvalue weighted by Gasteiger charge is -2.19. The first-order valence-electron chi connectivity index (χ1n) is 8.88. The highest BCUT2D eigenvalue weighted by molar-refractivity contribution is 7.10. The molecule has 3 aromatic rings. The van der Waals surface area contributed by atoms with Gasteiger partial charge in [0.25, 0.3) is 0 Å². The summed E-state index contributed by atoms with van der Waals surface area (Å²) in [5.41, 5.74) is 4.31. The minimum Gasteiger partial charge on any atom is -0.344 e. The number of amides is 1. The van der Waals surface area contributed by atoms with Crippen molar-refractivity contribution in [2.24, 2.45) is 0 Å². The topological polar surface area (TPSA) is 29.1 Å². The number of thiophene rings is 1. The van der Waals surface area contributed by atoms with Gasteiger partial charge in [-0.1, -0.05) is 42.5 Å². The predicted octanol–water partition coefficient (Wildman–Crippen LogP) is 4.82. The molecule has 4 rings (SSSR count). The monoisotopic (exact) mass is 365 g/mol. The number of rotatable bonds is 5. The zero-order valence-electron chi connectivity index (χ0n) is 14.4. The molecule has 26 heavy (non-hydrogen) atoms. The van der Waals surface area contributed by atoms with E-state index in [-0.39, 0.29) is 24.2 Å². The van der Waals surface area contributed by atoms with Crippen molar-refractivity contribution in [2.45, 2.75) is 31.7 Å². The quantitative estimate of drug-likeness (QED) is 0.690. The fourth-order valence-corrected chi connectivity index (χ4v) is 4.37. The number of benzene rings is 2. The van der Waals surface area contributed by atoms with E-state index >= 15 is 0 Å². The standard InChI is InChI=1S/C22H20FNOS/c23-19-8-2-1-5-17(19)14-21(25)24-22(20-9-4-12-26-20)18-11-10-15-6-3-7-16(15)13-18/h1-2,4-5,8-13,22H,3,6-7,14H2,(H,24,25)/t22-/m1/s1. The maximum atomic E-state index is 13.9. The third-order valence-electron chi connectivity index (χ3n) is 4.90. The maximum Gasteiger partial charge on any atom is 0.225 e. The molecule has 0 saturated carbocycles. The van der Waals surface area contributed by atoms with Gasteiger partial charge in [-0.05, 0) is 59.0 Å². The Morgan fingerprint density at radius 2 is 1.92 bits per heavy atom. The fourth-order valence-electron chi connectivity index (χ4n) is 3.57. The Labute approximate surface area is 156 Å². The molecule has 0 spiro atoms. The van der Waals surface area contributed by atoms with Gasteiger partial charge in [0.2, 0.25) is 5.91 Å². The van der Waals surface area contributed by atoms with E-state index in [2.05, 4.69) is 23.5 Å². The first-order valence-corrected chi connectivity index (χ1v) is 9.76. The van der Waals surface area contributed by atoms with Gasteiger partial charge < -0.3 is 5.32 Å². The number of hydrogen-bond acceptors (Lipinski definition) is 2. The van der Waals surface area contributed by atoms with Crippen LogP contribution in [0, 0.1) is 5.82 Å². The van der Waals surface area contributed by atoms with Gasteiger partial charge in [-0.2, -0.15) is 0 Å². The molecule has 1 amide bonds. The lowest BCUT2D eigenvalue weighted by atomic mass is 9.99. The highest BCUT2D eigenvalue weighted by Gasteiger charge is 2.21. The first-order chi connectivity index (χ1) is 12.7. The number of carbonyl (C=O) groups excluding carboxylic acids is 1. The fraction of sp³-hybridized carbons (Fsp3) is 0.227. The molecule has 132 valence electrons. The average Bonchev–Trinajstić information content (AvgIpc) is 3.32. The molecule has 1 aliphatic carbocycles. The molecule has 4 heteroatoms. The van der Waals surface area contributed by atoms with Crippen LogP contribution in [0.1, 0.15) is 39.6 Å². The van der Waals surface area contributed by atoms with Crippen LogP contribution >= 0.6 is 11.3 Å². The molecule has 1 aromatic heterocycles. The Bertz CT molecular complexity index is 920. The van der Waals surface area contributed by atoms with Gasteiger partial charge in [0.15, 0.2) is 0 Å². The third-order valence-corrected chi connectivity index (χ3v) is 5.83. The second-order valence-corrected chi connectivity index (χ2v) is 7.65. The van der Waals surface area contributed by atoms with Crippen LogP contribution < -0.4 is 5.32 Å². The highest BCUT2D eigenvalue weighted by Crippen LogP contribution is 2.30. The molecule has 2 aromatic carbocycles. The summed E-state index contributed by atoms with van der Waals surface area (Å²) in [6.07, 6.45) is 3.48. The SMILES string of the molecule is O=C(Cc1ccccc1F)N[C@H](c1ccc2c(c1)CCC2)c1cccs1. The van der Waals surface area contributed by atoms with E-state index in [1.54, 1.807) is 29.5 Å². The number of halogens is 1. The number of nitrogens with one attached hydrogen (secondary N) is 1. The smallest absolute Gasteiger partial charge is 0.225 e. The molecular weight excluding hydrogens is 345 g/mol. The number of hydrogen-bond donors (Lipinski definition) is 1. The van der Waals surface area contributed by atoms with E-state index in [4.69, 9.17) is 0 Å². The maximum absolute atomic E-state index is 13.9. The summed E-state index contributed by atoms with van der Waals surface area (Å²) in [5.74, 6) is -0.512. The summed E-state index contributed by atoms with van der Waals surface area (Å²) >= 11 is 1.62. The van der Waals surface area contributed by atoms with Crippen LogP contribution in [-0.2, 0) is 24.1 Å². The Morgan fingerprint density at radius 3 is 2.73 bits per heavy atom. The van der Waals surface area contributed by atoms with E-state index in [0.717, 1.165) is 23.3 Å². The van der Waals surface area contributed by atoms with Crippen LogP contribution in [0.2, 0.25) is 0 Å². The third kappa shape index (κ3) is 3.56. The van der Waals surface area contributed by atoms with E-state index in [1.807, 2.05) is 17.5 Å². The van der Waals surface area contributed by atoms with Gasteiger partial charge in [-0.3, -0.25) is 4.79 Å². The molecule has 0 saturated heterocycles. The van der Waals surface area contributed by atoms with Crippen LogP contribution in [0.15, 0.2) is 60.0 Å². The van der Waals surface area contributed by atoms with Gasteiger partial charge in [0.1, 0.15) is 5.82 Å². The predicted molar refractivity (Wildman–Crippen MR) is 103 cm³/mol. The summed E-state index contributed by atoms with van der Waals surface area (Å²) in [6.45, 7) is 0. The van der Waals surface area contributed by atoms with Crippen molar-refractivity contribution in [3.05, 3.63) is 92.9 Å². The minimum atomic E-state index is -0.340. The highest BCUT2D eigenvalue weighted by atomic mass is 32.1. The molecule has 0 unspecified atom stereocenters. The van der Waals surface area contributed by atoms with Crippen molar-refractivity contribution < 1.29 is 9.18 Å². The average molecular weight is 365 g/mol. The Hall–Kier alpha value is -2.46. The Balaban J connectivity index is 1.58. The summed E-state index contributed by atoms with van der Waals surface area (Å²) in [7, 11) is 0. The zero-order chi connectivity index (χ0) is 17.9. The Kier molecular flexibility index (Phi) is 4.85. The van der Waals surface area contributed by atoms with Crippen molar-refractivity contribution in [3.63, 3.8) is 0 Å². The Morgan fingerprint density at radius 1 is 1.08 bits per heavy atom. The van der Waals surface area contributed by atoms with Crippen LogP contribution in [-0.4, -0.2) is 5.91 Å². The van der Waals surface area contributed by atoms with Crippen LogP contribution in [0.5, 0.6) is 0 Å². The number of carbonyl (C=O) groups is 1.